The first-order chi connectivity index (χ1) is 14.7. The number of carboxylic acid groups (broad SMARTS) is 1. The van der Waals surface area contributed by atoms with Crippen LogP contribution in [0.5, 0.6) is 11.5 Å². The first-order valence-electron chi connectivity index (χ1n) is 11.0. The van der Waals surface area contributed by atoms with Gasteiger partial charge in [-0.1, -0.05) is 58.4 Å². The molecule has 0 spiro atoms. The van der Waals surface area contributed by atoms with Gasteiger partial charge in [-0.25, -0.2) is 0 Å². The molecule has 2 atom stereocenters. The highest BCUT2D eigenvalue weighted by molar-refractivity contribution is 5.68. The summed E-state index contributed by atoms with van der Waals surface area (Å²) in [7, 11) is 1.77. The molecule has 3 rings (SSSR count). The Kier molecular flexibility index (Phi) is 7.26. The van der Waals surface area contributed by atoms with Gasteiger partial charge in [-0.05, 0) is 34.6 Å². The van der Waals surface area contributed by atoms with Crippen LogP contribution < -0.4 is 9.47 Å². The number of hydrogen-bond donors (Lipinski definition) is 1. The van der Waals surface area contributed by atoms with E-state index < -0.39 is 5.97 Å². The quantitative estimate of drug-likeness (QED) is 0.541. The van der Waals surface area contributed by atoms with Gasteiger partial charge in [-0.3, -0.25) is 4.79 Å². The van der Waals surface area contributed by atoms with Gasteiger partial charge in [0.25, 0.3) is 0 Å². The first kappa shape index (κ1) is 23.1. The van der Waals surface area contributed by atoms with Crippen LogP contribution in [0.4, 0.5) is 0 Å². The molecule has 5 nitrogen and oxygen atoms in total. The zero-order chi connectivity index (χ0) is 22.6. The Balaban J connectivity index is 1.81. The molecule has 0 aromatic heterocycles. The van der Waals surface area contributed by atoms with E-state index in [0.717, 1.165) is 35.5 Å². The van der Waals surface area contributed by atoms with Gasteiger partial charge >= 0.3 is 5.97 Å². The van der Waals surface area contributed by atoms with Crippen LogP contribution in [0.1, 0.15) is 74.8 Å². The lowest BCUT2D eigenvalue weighted by Gasteiger charge is -2.32. The maximum Gasteiger partial charge on any atom is 0.304 e. The Labute approximate surface area is 185 Å². The van der Waals surface area contributed by atoms with E-state index in [2.05, 4.69) is 45.9 Å². The molecule has 5 heteroatoms. The Hall–Kier alpha value is -2.53. The molecule has 1 N–H and O–H groups in total. The number of fused-ring (bicyclic) bond motifs is 1. The van der Waals surface area contributed by atoms with Gasteiger partial charge in [-0.15, -0.1) is 0 Å². The molecular formula is C26H34O5. The largest absolute Gasteiger partial charge is 0.492 e. The number of methoxy groups -OCH3 is 1. The fraction of sp³-hybridized carbons (Fsp3) is 0.500. The molecule has 168 valence electrons. The number of benzene rings is 2. The summed E-state index contributed by atoms with van der Waals surface area (Å²) in [5.74, 6) is 0.535. The van der Waals surface area contributed by atoms with Gasteiger partial charge < -0.3 is 19.3 Å². The maximum atomic E-state index is 11.0. The van der Waals surface area contributed by atoms with Crippen molar-refractivity contribution in [2.75, 3.05) is 13.7 Å². The van der Waals surface area contributed by atoms with Crippen LogP contribution in [-0.4, -0.2) is 24.8 Å². The number of aliphatic carboxylic acids is 1. The molecule has 0 bridgehead atoms. The molecule has 0 saturated carbocycles. The summed E-state index contributed by atoms with van der Waals surface area (Å²) in [5.41, 5.74) is 4.62. The second-order valence-corrected chi connectivity index (χ2v) is 9.31. The highest BCUT2D eigenvalue weighted by Crippen LogP contribution is 2.40. The number of carbonyl (C=O) groups is 1. The minimum Gasteiger partial charge on any atom is -0.492 e. The molecule has 1 aliphatic rings. The Bertz CT molecular complexity index is 912. The first-order valence-corrected chi connectivity index (χ1v) is 11.0. The molecule has 0 fully saturated rings. The van der Waals surface area contributed by atoms with Gasteiger partial charge in [0.1, 0.15) is 18.1 Å². The van der Waals surface area contributed by atoms with E-state index in [1.807, 2.05) is 18.2 Å². The summed E-state index contributed by atoms with van der Waals surface area (Å²) in [4.78, 5) is 11.0. The van der Waals surface area contributed by atoms with Gasteiger partial charge in [0.2, 0.25) is 0 Å². The summed E-state index contributed by atoms with van der Waals surface area (Å²) in [6, 6.07) is 12.1. The van der Waals surface area contributed by atoms with Crippen molar-refractivity contribution in [3.63, 3.8) is 0 Å². The molecule has 31 heavy (non-hydrogen) atoms. The average molecular weight is 427 g/mol. The van der Waals surface area contributed by atoms with Crippen LogP contribution in [0.3, 0.4) is 0 Å². The third-order valence-corrected chi connectivity index (χ3v) is 5.79. The molecule has 0 saturated heterocycles. The zero-order valence-electron chi connectivity index (χ0n) is 19.2. The van der Waals surface area contributed by atoms with Crippen LogP contribution in [0.15, 0.2) is 36.4 Å². The topological polar surface area (TPSA) is 65.0 Å². The minimum absolute atomic E-state index is 0.00793. The average Bonchev–Trinajstić information content (AvgIpc) is 3.09. The molecule has 2 unspecified atom stereocenters. The molecule has 0 radical (unpaired) electrons. The third-order valence-electron chi connectivity index (χ3n) is 5.79. The predicted octanol–water partition coefficient (Wildman–Crippen LogP) is 5.90. The Morgan fingerprint density at radius 2 is 2.03 bits per heavy atom. The SMILES string of the molecule is CCCc1c(COc2ccc3c(c2)OCC3CC(=O)O)cccc1C(OC)C(C)(C)C. The van der Waals surface area contributed by atoms with E-state index in [0.29, 0.717) is 13.2 Å². The molecular weight excluding hydrogens is 392 g/mol. The summed E-state index contributed by atoms with van der Waals surface area (Å²) in [5, 5.41) is 9.07. The molecule has 0 amide bonds. The summed E-state index contributed by atoms with van der Waals surface area (Å²) >= 11 is 0. The van der Waals surface area contributed by atoms with Gasteiger partial charge in [0, 0.05) is 24.7 Å². The summed E-state index contributed by atoms with van der Waals surface area (Å²) in [6.45, 7) is 9.64. The van der Waals surface area contributed by atoms with Crippen LogP contribution >= 0.6 is 0 Å². The monoisotopic (exact) mass is 426 g/mol. The Morgan fingerprint density at radius 3 is 2.68 bits per heavy atom. The molecule has 2 aromatic carbocycles. The normalized spacial score (nSPS) is 16.5. The van der Waals surface area contributed by atoms with Crippen LogP contribution in [0.25, 0.3) is 0 Å². The van der Waals surface area contributed by atoms with Gasteiger partial charge in [-0.2, -0.15) is 0 Å². The molecule has 2 aromatic rings. The minimum atomic E-state index is -0.810. The van der Waals surface area contributed by atoms with Gasteiger partial charge in [0.05, 0.1) is 19.1 Å². The number of hydrogen-bond acceptors (Lipinski definition) is 4. The maximum absolute atomic E-state index is 11.0. The van der Waals surface area contributed by atoms with Crippen LogP contribution in [-0.2, 0) is 22.6 Å². The van der Waals surface area contributed by atoms with Gasteiger partial charge in [0.15, 0.2) is 0 Å². The van der Waals surface area contributed by atoms with Crippen LogP contribution in [0, 0.1) is 5.41 Å². The molecule has 1 heterocycles. The van der Waals surface area contributed by atoms with E-state index in [-0.39, 0.29) is 23.9 Å². The van der Waals surface area contributed by atoms with Crippen molar-refractivity contribution in [2.45, 2.75) is 65.6 Å². The highest BCUT2D eigenvalue weighted by atomic mass is 16.5. The standard InChI is InChI=1S/C26H34O5/c1-6-8-20-17(9-7-10-22(20)25(29-5)26(2,3)4)15-30-19-11-12-21-18(13-24(27)28)16-31-23(21)14-19/h7,9-12,14,18,25H,6,8,13,15-16H2,1-5H3,(H,27,28). The fourth-order valence-corrected chi connectivity index (χ4v) is 4.42. The molecule has 0 aliphatic carbocycles. The third kappa shape index (κ3) is 5.40. The molecule has 1 aliphatic heterocycles. The highest BCUT2D eigenvalue weighted by Gasteiger charge is 2.29. The summed E-state index contributed by atoms with van der Waals surface area (Å²) in [6.07, 6.45) is 2.10. The summed E-state index contributed by atoms with van der Waals surface area (Å²) < 4.78 is 17.7. The van der Waals surface area contributed by atoms with E-state index >= 15 is 0 Å². The lowest BCUT2D eigenvalue weighted by molar-refractivity contribution is -0.137. The fourth-order valence-electron chi connectivity index (χ4n) is 4.42. The Morgan fingerprint density at radius 1 is 1.26 bits per heavy atom. The van der Waals surface area contributed by atoms with Crippen molar-refractivity contribution >= 4 is 5.97 Å². The van der Waals surface area contributed by atoms with E-state index in [1.54, 1.807) is 7.11 Å². The lowest BCUT2D eigenvalue weighted by atomic mass is 9.81. The van der Waals surface area contributed by atoms with Crippen molar-refractivity contribution in [1.82, 2.24) is 0 Å². The van der Waals surface area contributed by atoms with E-state index in [1.165, 1.54) is 11.1 Å². The lowest BCUT2D eigenvalue weighted by Crippen LogP contribution is -2.22. The predicted molar refractivity (Wildman–Crippen MR) is 121 cm³/mol. The number of ether oxygens (including phenoxy) is 3. The number of carboxylic acids is 1. The van der Waals surface area contributed by atoms with Crippen molar-refractivity contribution in [1.29, 1.82) is 0 Å². The smallest absolute Gasteiger partial charge is 0.304 e. The number of rotatable bonds is 9. The second-order valence-electron chi connectivity index (χ2n) is 9.31. The van der Waals surface area contributed by atoms with Crippen molar-refractivity contribution in [3.8, 4) is 11.5 Å². The van der Waals surface area contributed by atoms with Crippen LogP contribution in [0.2, 0.25) is 0 Å². The van der Waals surface area contributed by atoms with Crippen molar-refractivity contribution < 1.29 is 24.1 Å². The van der Waals surface area contributed by atoms with Crippen molar-refractivity contribution in [2.24, 2.45) is 5.41 Å². The van der Waals surface area contributed by atoms with E-state index in [9.17, 15) is 4.79 Å². The van der Waals surface area contributed by atoms with Crippen molar-refractivity contribution in [3.05, 3.63) is 58.7 Å². The van der Waals surface area contributed by atoms with E-state index in [4.69, 9.17) is 19.3 Å². The zero-order valence-corrected chi connectivity index (χ0v) is 19.2. The second kappa shape index (κ2) is 9.73.